The van der Waals surface area contributed by atoms with Crippen molar-refractivity contribution in [3.8, 4) is 0 Å². The van der Waals surface area contributed by atoms with Gasteiger partial charge in [-0.2, -0.15) is 0 Å². The Labute approximate surface area is 117 Å². The maximum absolute atomic E-state index is 12.8. The van der Waals surface area contributed by atoms with E-state index in [1.807, 2.05) is 14.1 Å². The van der Waals surface area contributed by atoms with E-state index < -0.39 is 0 Å². The van der Waals surface area contributed by atoms with Crippen LogP contribution in [-0.4, -0.2) is 37.2 Å². The van der Waals surface area contributed by atoms with E-state index in [-0.39, 0.29) is 5.82 Å². The molecular weight excluding hydrogens is 273 g/mol. The fraction of sp³-hybridized carbons (Fsp3) is 0.417. The zero-order valence-electron chi connectivity index (χ0n) is 10.5. The molecule has 0 radical (unpaired) electrons. The van der Waals surface area contributed by atoms with E-state index in [1.54, 1.807) is 6.07 Å². The van der Waals surface area contributed by atoms with Gasteiger partial charge in [-0.25, -0.2) is 4.39 Å². The number of hydrogen-bond donors (Lipinski definition) is 2. The maximum atomic E-state index is 12.8. The lowest BCUT2D eigenvalue weighted by Crippen LogP contribution is -2.30. The van der Waals surface area contributed by atoms with Crippen molar-refractivity contribution in [2.24, 2.45) is 0 Å². The number of benzene rings is 1. The first kappa shape index (κ1) is 15.1. The van der Waals surface area contributed by atoms with E-state index in [2.05, 4.69) is 15.5 Å². The molecule has 2 N–H and O–H groups in total. The molecule has 0 aromatic heterocycles. The lowest BCUT2D eigenvalue weighted by atomic mass is 10.3. The van der Waals surface area contributed by atoms with Gasteiger partial charge in [-0.05, 0) is 57.5 Å². The third-order valence-electron chi connectivity index (χ3n) is 2.25. The van der Waals surface area contributed by atoms with Gasteiger partial charge in [0.05, 0.1) is 10.7 Å². The van der Waals surface area contributed by atoms with Gasteiger partial charge in [-0.1, -0.05) is 11.6 Å². The normalized spacial score (nSPS) is 10.5. The average Bonchev–Trinajstić information content (AvgIpc) is 2.28. The molecule has 0 saturated heterocycles. The molecule has 0 saturated carbocycles. The molecule has 1 aromatic rings. The Hall–Kier alpha value is -0.910. The van der Waals surface area contributed by atoms with Crippen LogP contribution in [0.1, 0.15) is 6.42 Å². The van der Waals surface area contributed by atoms with Gasteiger partial charge in [0.25, 0.3) is 0 Å². The number of halogens is 2. The molecule has 0 aliphatic rings. The van der Waals surface area contributed by atoms with Crippen molar-refractivity contribution >= 4 is 34.6 Å². The van der Waals surface area contributed by atoms with E-state index in [0.717, 1.165) is 19.5 Å². The van der Waals surface area contributed by atoms with Crippen molar-refractivity contribution in [3.63, 3.8) is 0 Å². The van der Waals surface area contributed by atoms with Crippen molar-refractivity contribution in [2.75, 3.05) is 32.5 Å². The molecule has 0 unspecified atom stereocenters. The van der Waals surface area contributed by atoms with E-state index in [9.17, 15) is 4.39 Å². The van der Waals surface area contributed by atoms with Crippen molar-refractivity contribution in [2.45, 2.75) is 6.42 Å². The summed E-state index contributed by atoms with van der Waals surface area (Å²) in [7, 11) is 4.05. The Morgan fingerprint density at radius 3 is 2.78 bits per heavy atom. The number of rotatable bonds is 5. The maximum Gasteiger partial charge on any atom is 0.170 e. The van der Waals surface area contributed by atoms with Crippen molar-refractivity contribution < 1.29 is 4.39 Å². The molecule has 0 atom stereocenters. The van der Waals surface area contributed by atoms with Gasteiger partial charge in [0.2, 0.25) is 0 Å². The van der Waals surface area contributed by atoms with Crippen LogP contribution < -0.4 is 10.6 Å². The Morgan fingerprint density at radius 2 is 2.17 bits per heavy atom. The van der Waals surface area contributed by atoms with Crippen LogP contribution in [0.25, 0.3) is 0 Å². The Bertz CT molecular complexity index is 412. The zero-order valence-corrected chi connectivity index (χ0v) is 12.0. The number of thiocarbonyl (C=S) groups is 1. The predicted molar refractivity (Wildman–Crippen MR) is 78.8 cm³/mol. The van der Waals surface area contributed by atoms with Crippen LogP contribution in [0.5, 0.6) is 0 Å². The summed E-state index contributed by atoms with van der Waals surface area (Å²) in [5.41, 5.74) is 0.600. The van der Waals surface area contributed by atoms with Crippen LogP contribution in [0.2, 0.25) is 5.02 Å². The summed E-state index contributed by atoms with van der Waals surface area (Å²) in [4.78, 5) is 2.11. The van der Waals surface area contributed by atoms with Crippen LogP contribution in [0, 0.1) is 5.82 Å². The molecule has 1 aromatic carbocycles. The highest BCUT2D eigenvalue weighted by atomic mass is 35.5. The smallest absolute Gasteiger partial charge is 0.170 e. The molecule has 0 fully saturated rings. The molecular formula is C12H17ClFN3S. The molecule has 3 nitrogen and oxygen atoms in total. The van der Waals surface area contributed by atoms with Crippen LogP contribution in [0.4, 0.5) is 10.1 Å². The summed E-state index contributed by atoms with van der Waals surface area (Å²) in [5.74, 6) is -0.365. The van der Waals surface area contributed by atoms with Gasteiger partial charge in [0.1, 0.15) is 5.82 Å². The van der Waals surface area contributed by atoms with Gasteiger partial charge in [-0.3, -0.25) is 0 Å². The van der Waals surface area contributed by atoms with E-state index in [4.69, 9.17) is 23.8 Å². The monoisotopic (exact) mass is 289 g/mol. The third kappa shape index (κ3) is 5.62. The standard InChI is InChI=1S/C12H17ClFN3S/c1-17(2)7-3-6-15-12(18)16-11-5-4-9(14)8-10(11)13/h4-5,8H,3,6-7H2,1-2H3,(H2,15,16,18). The molecule has 0 heterocycles. The molecule has 0 bridgehead atoms. The summed E-state index contributed by atoms with van der Waals surface area (Å²) >= 11 is 11.0. The zero-order chi connectivity index (χ0) is 13.5. The summed E-state index contributed by atoms with van der Waals surface area (Å²) in [5, 5.41) is 6.80. The van der Waals surface area contributed by atoms with Gasteiger partial charge >= 0.3 is 0 Å². The minimum atomic E-state index is -0.365. The van der Waals surface area contributed by atoms with Crippen molar-refractivity contribution in [3.05, 3.63) is 29.0 Å². The highest BCUT2D eigenvalue weighted by Gasteiger charge is 2.03. The average molecular weight is 290 g/mol. The van der Waals surface area contributed by atoms with Crippen LogP contribution >= 0.6 is 23.8 Å². The summed E-state index contributed by atoms with van der Waals surface area (Å²) in [6.45, 7) is 1.77. The second kappa shape index (κ2) is 7.51. The van der Waals surface area contributed by atoms with Gasteiger partial charge in [-0.15, -0.1) is 0 Å². The van der Waals surface area contributed by atoms with Crippen molar-refractivity contribution in [1.82, 2.24) is 10.2 Å². The minimum Gasteiger partial charge on any atom is -0.362 e. The second-order valence-electron chi connectivity index (χ2n) is 4.16. The highest BCUT2D eigenvalue weighted by Crippen LogP contribution is 2.22. The largest absolute Gasteiger partial charge is 0.362 e. The second-order valence-corrected chi connectivity index (χ2v) is 4.98. The molecule has 18 heavy (non-hydrogen) atoms. The number of hydrogen-bond acceptors (Lipinski definition) is 2. The van der Waals surface area contributed by atoms with Crippen LogP contribution in [0.3, 0.4) is 0 Å². The number of anilines is 1. The summed E-state index contributed by atoms with van der Waals surface area (Å²) < 4.78 is 12.8. The van der Waals surface area contributed by atoms with Crippen LogP contribution in [0.15, 0.2) is 18.2 Å². The first-order valence-corrected chi connectivity index (χ1v) is 6.42. The van der Waals surface area contributed by atoms with E-state index in [1.165, 1.54) is 12.1 Å². The lowest BCUT2D eigenvalue weighted by molar-refractivity contribution is 0.400. The lowest BCUT2D eigenvalue weighted by Gasteiger charge is -2.13. The quantitative estimate of drug-likeness (QED) is 0.644. The summed E-state index contributed by atoms with van der Waals surface area (Å²) in [6, 6.07) is 4.15. The Balaban J connectivity index is 2.35. The molecule has 100 valence electrons. The molecule has 0 aliphatic carbocycles. The number of nitrogens with one attached hydrogen (secondary N) is 2. The van der Waals surface area contributed by atoms with Gasteiger partial charge in [0.15, 0.2) is 5.11 Å². The fourth-order valence-corrected chi connectivity index (χ4v) is 1.78. The van der Waals surface area contributed by atoms with Crippen LogP contribution in [-0.2, 0) is 0 Å². The van der Waals surface area contributed by atoms with Gasteiger partial charge < -0.3 is 15.5 Å². The molecule has 6 heteroatoms. The van der Waals surface area contributed by atoms with Gasteiger partial charge in [0, 0.05) is 6.54 Å². The Kier molecular flexibility index (Phi) is 6.32. The fourth-order valence-electron chi connectivity index (χ4n) is 1.35. The highest BCUT2D eigenvalue weighted by molar-refractivity contribution is 7.80. The molecule has 0 spiro atoms. The molecule has 0 aliphatic heterocycles. The predicted octanol–water partition coefficient (Wildman–Crippen LogP) is 2.72. The first-order valence-electron chi connectivity index (χ1n) is 5.63. The summed E-state index contributed by atoms with van der Waals surface area (Å²) in [6.07, 6.45) is 0.992. The SMILES string of the molecule is CN(C)CCCNC(=S)Nc1ccc(F)cc1Cl. The van der Waals surface area contributed by atoms with E-state index >= 15 is 0 Å². The topological polar surface area (TPSA) is 27.3 Å². The van der Waals surface area contributed by atoms with E-state index in [0.29, 0.717) is 15.8 Å². The molecule has 1 rings (SSSR count). The van der Waals surface area contributed by atoms with Crippen molar-refractivity contribution in [1.29, 1.82) is 0 Å². The minimum absolute atomic E-state index is 0.312. The Morgan fingerprint density at radius 1 is 1.44 bits per heavy atom. The first-order chi connectivity index (χ1) is 8.49. The molecule has 0 amide bonds. The number of nitrogens with zero attached hydrogens (tertiary/aromatic N) is 1. The third-order valence-corrected chi connectivity index (χ3v) is 2.81.